The van der Waals surface area contributed by atoms with Gasteiger partial charge in [-0.2, -0.15) is 0 Å². The predicted molar refractivity (Wildman–Crippen MR) is 60.8 cm³/mol. The largest absolute Gasteiger partial charge is 0.392 e. The molecule has 5 nitrogen and oxygen atoms in total. The Bertz CT molecular complexity index is 356. The van der Waals surface area contributed by atoms with Crippen LogP contribution in [0.3, 0.4) is 0 Å². The standard InChI is InChI=1S/C8H8N2O2.C3H6O/c9-7(11)5-3-1-2-4-6(5)8(10)12;1-2-3-4/h1-4H,(H2,9,11)(H2,10,12);2,4H,1,3H2. The van der Waals surface area contributed by atoms with Gasteiger partial charge in [-0.3, -0.25) is 9.59 Å². The van der Waals surface area contributed by atoms with Crippen LogP contribution < -0.4 is 11.5 Å². The Morgan fingerprint density at radius 2 is 1.50 bits per heavy atom. The fraction of sp³-hybridized carbons (Fsp3) is 0.0909. The monoisotopic (exact) mass is 222 g/mol. The molecule has 0 aliphatic carbocycles. The lowest BCUT2D eigenvalue weighted by Gasteiger charge is -2.00. The van der Waals surface area contributed by atoms with E-state index < -0.39 is 11.8 Å². The Kier molecular flexibility index (Phi) is 6.23. The number of hydrogen-bond acceptors (Lipinski definition) is 3. The lowest BCUT2D eigenvalue weighted by Crippen LogP contribution is -2.20. The van der Waals surface area contributed by atoms with Gasteiger partial charge in [0.15, 0.2) is 0 Å². The van der Waals surface area contributed by atoms with Crippen LogP contribution >= 0.6 is 0 Å². The number of benzene rings is 1. The van der Waals surface area contributed by atoms with Crippen LogP contribution in [0.2, 0.25) is 0 Å². The van der Waals surface area contributed by atoms with E-state index in [-0.39, 0.29) is 17.7 Å². The summed E-state index contributed by atoms with van der Waals surface area (Å²) in [6, 6.07) is 6.16. The van der Waals surface area contributed by atoms with Crippen molar-refractivity contribution < 1.29 is 14.7 Å². The van der Waals surface area contributed by atoms with Gasteiger partial charge in [0.05, 0.1) is 17.7 Å². The number of rotatable bonds is 3. The molecule has 0 aromatic heterocycles. The summed E-state index contributed by atoms with van der Waals surface area (Å²) >= 11 is 0. The van der Waals surface area contributed by atoms with E-state index in [4.69, 9.17) is 16.6 Å². The Balaban J connectivity index is 0.000000487. The number of aliphatic hydroxyl groups excluding tert-OH is 1. The summed E-state index contributed by atoms with van der Waals surface area (Å²) in [4.78, 5) is 21.5. The highest BCUT2D eigenvalue weighted by atomic mass is 16.2. The number of nitrogens with two attached hydrogens (primary N) is 2. The molecule has 0 atom stereocenters. The molecule has 0 bridgehead atoms. The minimum absolute atomic E-state index is 0.0833. The van der Waals surface area contributed by atoms with Crippen molar-refractivity contribution in [1.29, 1.82) is 0 Å². The quantitative estimate of drug-likeness (QED) is 0.629. The highest BCUT2D eigenvalue weighted by molar-refractivity contribution is 6.06. The van der Waals surface area contributed by atoms with Crippen molar-refractivity contribution in [2.24, 2.45) is 11.5 Å². The Morgan fingerprint density at radius 3 is 1.69 bits per heavy atom. The Morgan fingerprint density at radius 1 is 1.19 bits per heavy atom. The van der Waals surface area contributed by atoms with Crippen LogP contribution in [-0.2, 0) is 0 Å². The molecule has 1 aromatic rings. The normalized spacial score (nSPS) is 8.56. The maximum Gasteiger partial charge on any atom is 0.249 e. The van der Waals surface area contributed by atoms with E-state index in [0.29, 0.717) is 0 Å². The van der Waals surface area contributed by atoms with Gasteiger partial charge in [0, 0.05) is 0 Å². The van der Waals surface area contributed by atoms with Gasteiger partial charge in [0.2, 0.25) is 11.8 Å². The smallest absolute Gasteiger partial charge is 0.249 e. The molecule has 0 fully saturated rings. The summed E-state index contributed by atoms with van der Waals surface area (Å²) < 4.78 is 0. The molecule has 86 valence electrons. The first-order valence-corrected chi connectivity index (χ1v) is 4.45. The minimum atomic E-state index is -0.649. The van der Waals surface area contributed by atoms with Crippen molar-refractivity contribution in [3.8, 4) is 0 Å². The lowest BCUT2D eigenvalue weighted by molar-refractivity contribution is 0.0967. The zero-order valence-electron chi connectivity index (χ0n) is 8.72. The predicted octanol–water partition coefficient (Wildman–Crippen LogP) is 0.0491. The van der Waals surface area contributed by atoms with Gasteiger partial charge in [-0.1, -0.05) is 18.2 Å². The van der Waals surface area contributed by atoms with Crippen molar-refractivity contribution in [2.45, 2.75) is 0 Å². The van der Waals surface area contributed by atoms with Gasteiger partial charge in [-0.15, -0.1) is 6.58 Å². The summed E-state index contributed by atoms with van der Waals surface area (Å²) in [7, 11) is 0. The van der Waals surface area contributed by atoms with Crippen molar-refractivity contribution in [2.75, 3.05) is 6.61 Å². The van der Waals surface area contributed by atoms with E-state index >= 15 is 0 Å². The number of carbonyl (C=O) groups is 2. The lowest BCUT2D eigenvalue weighted by atomic mass is 10.1. The average molecular weight is 222 g/mol. The third kappa shape index (κ3) is 4.39. The molecule has 0 saturated carbocycles. The third-order valence-corrected chi connectivity index (χ3v) is 1.59. The summed E-state index contributed by atoms with van der Waals surface area (Å²) in [6.07, 6.45) is 1.43. The number of amides is 2. The molecule has 0 spiro atoms. The van der Waals surface area contributed by atoms with Crippen LogP contribution in [-0.4, -0.2) is 23.5 Å². The molecule has 0 heterocycles. The molecule has 0 aliphatic rings. The molecule has 16 heavy (non-hydrogen) atoms. The van der Waals surface area contributed by atoms with Crippen LogP contribution in [0.15, 0.2) is 36.9 Å². The molecular formula is C11H14N2O3. The van der Waals surface area contributed by atoms with E-state index in [9.17, 15) is 9.59 Å². The zero-order valence-corrected chi connectivity index (χ0v) is 8.72. The third-order valence-electron chi connectivity index (χ3n) is 1.59. The molecule has 0 aliphatic heterocycles. The summed E-state index contributed by atoms with van der Waals surface area (Å²) in [5.74, 6) is -1.30. The summed E-state index contributed by atoms with van der Waals surface area (Å²) in [5.41, 5.74) is 10.3. The SMILES string of the molecule is C=CCO.NC(=O)c1ccccc1C(N)=O. The Labute approximate surface area is 93.4 Å². The first kappa shape index (κ1) is 13.9. The van der Waals surface area contributed by atoms with E-state index in [1.54, 1.807) is 12.1 Å². The average Bonchev–Trinajstić information content (AvgIpc) is 2.29. The molecule has 0 radical (unpaired) electrons. The topological polar surface area (TPSA) is 106 Å². The number of carbonyl (C=O) groups excluding carboxylic acids is 2. The van der Waals surface area contributed by atoms with Crippen LogP contribution in [0.5, 0.6) is 0 Å². The number of primary amides is 2. The van der Waals surface area contributed by atoms with Gasteiger partial charge in [0.1, 0.15) is 0 Å². The van der Waals surface area contributed by atoms with Gasteiger partial charge < -0.3 is 16.6 Å². The van der Waals surface area contributed by atoms with E-state index in [1.807, 2.05) is 0 Å². The first-order chi connectivity index (χ1) is 7.54. The second kappa shape index (κ2) is 7.19. The molecule has 0 saturated heterocycles. The molecule has 1 rings (SSSR count). The van der Waals surface area contributed by atoms with Crippen LogP contribution in [0.25, 0.3) is 0 Å². The van der Waals surface area contributed by atoms with E-state index in [0.717, 1.165) is 0 Å². The molecule has 2 amide bonds. The minimum Gasteiger partial charge on any atom is -0.392 e. The number of aliphatic hydroxyl groups is 1. The molecule has 1 aromatic carbocycles. The highest BCUT2D eigenvalue weighted by Crippen LogP contribution is 2.06. The second-order valence-corrected chi connectivity index (χ2v) is 2.75. The highest BCUT2D eigenvalue weighted by Gasteiger charge is 2.10. The zero-order chi connectivity index (χ0) is 12.6. The fourth-order valence-electron chi connectivity index (χ4n) is 0.913. The van der Waals surface area contributed by atoms with Crippen LogP contribution in [0, 0.1) is 0 Å². The molecule has 5 heteroatoms. The first-order valence-electron chi connectivity index (χ1n) is 4.45. The van der Waals surface area contributed by atoms with Crippen LogP contribution in [0.1, 0.15) is 20.7 Å². The molecular weight excluding hydrogens is 208 g/mol. The van der Waals surface area contributed by atoms with Crippen molar-refractivity contribution in [3.05, 3.63) is 48.0 Å². The Hall–Kier alpha value is -2.14. The maximum atomic E-state index is 10.7. The van der Waals surface area contributed by atoms with Gasteiger partial charge >= 0.3 is 0 Å². The van der Waals surface area contributed by atoms with E-state index in [2.05, 4.69) is 6.58 Å². The summed E-state index contributed by atoms with van der Waals surface area (Å²) in [6.45, 7) is 3.31. The molecule has 5 N–H and O–H groups in total. The number of hydrogen-bond donors (Lipinski definition) is 3. The van der Waals surface area contributed by atoms with Gasteiger partial charge in [-0.25, -0.2) is 0 Å². The van der Waals surface area contributed by atoms with Crippen LogP contribution in [0.4, 0.5) is 0 Å². The summed E-state index contributed by atoms with van der Waals surface area (Å²) in [5, 5.41) is 7.76. The van der Waals surface area contributed by atoms with E-state index in [1.165, 1.54) is 18.2 Å². The van der Waals surface area contributed by atoms with Crippen molar-refractivity contribution in [3.63, 3.8) is 0 Å². The van der Waals surface area contributed by atoms with Crippen molar-refractivity contribution in [1.82, 2.24) is 0 Å². The van der Waals surface area contributed by atoms with Gasteiger partial charge in [-0.05, 0) is 12.1 Å². The fourth-order valence-corrected chi connectivity index (χ4v) is 0.913. The molecule has 0 unspecified atom stereocenters. The maximum absolute atomic E-state index is 10.7. The van der Waals surface area contributed by atoms with Crippen molar-refractivity contribution >= 4 is 11.8 Å². The second-order valence-electron chi connectivity index (χ2n) is 2.75. The van der Waals surface area contributed by atoms with Gasteiger partial charge in [0.25, 0.3) is 0 Å².